The molecule has 0 unspecified atom stereocenters. The van der Waals surface area contributed by atoms with E-state index in [1.807, 2.05) is 24.3 Å². The van der Waals surface area contributed by atoms with E-state index >= 15 is 0 Å². The lowest BCUT2D eigenvalue weighted by molar-refractivity contribution is -0.389. The topological polar surface area (TPSA) is 85.9 Å². The number of hydrogen-bond donors (Lipinski definition) is 0. The zero-order chi connectivity index (χ0) is 27.4. The summed E-state index contributed by atoms with van der Waals surface area (Å²) < 4.78 is 51.4. The predicted octanol–water partition coefficient (Wildman–Crippen LogP) is 4.80. The van der Waals surface area contributed by atoms with Gasteiger partial charge in [-0.2, -0.15) is 13.2 Å². The van der Waals surface area contributed by atoms with E-state index in [1.165, 1.54) is 6.20 Å². The minimum atomic E-state index is -4.30. The Kier molecular flexibility index (Phi) is 7.92. The maximum absolute atomic E-state index is 12.7. The van der Waals surface area contributed by atoms with E-state index in [4.69, 9.17) is 9.47 Å². The number of benzene rings is 2. The molecule has 5 rings (SSSR count). The third-order valence-electron chi connectivity index (χ3n) is 7.11. The van der Waals surface area contributed by atoms with Crippen LogP contribution in [0.15, 0.2) is 54.7 Å². The molecule has 0 bridgehead atoms. The molecule has 1 fully saturated rings. The molecule has 208 valence electrons. The Morgan fingerprint density at radius 1 is 1.03 bits per heavy atom. The van der Waals surface area contributed by atoms with Gasteiger partial charge in [-0.05, 0) is 66.3 Å². The maximum Gasteiger partial charge on any atom is 0.416 e. The van der Waals surface area contributed by atoms with Crippen molar-refractivity contribution >= 4 is 11.5 Å². The first-order valence-electron chi connectivity index (χ1n) is 13.0. The summed E-state index contributed by atoms with van der Waals surface area (Å²) in [7, 11) is 0. The van der Waals surface area contributed by atoms with Crippen molar-refractivity contribution in [3.63, 3.8) is 0 Å². The normalized spacial score (nSPS) is 17.9. The zero-order valence-electron chi connectivity index (χ0n) is 21.3. The van der Waals surface area contributed by atoms with Crippen molar-refractivity contribution in [1.82, 2.24) is 14.5 Å². The summed E-state index contributed by atoms with van der Waals surface area (Å²) in [5.41, 5.74) is 1.44. The molecular weight excluding hydrogens is 515 g/mol. The van der Waals surface area contributed by atoms with E-state index in [1.54, 1.807) is 16.7 Å². The number of aryl methyl sites for hydroxylation is 2. The van der Waals surface area contributed by atoms with Gasteiger partial charge in [-0.15, -0.1) is 0 Å². The lowest BCUT2D eigenvalue weighted by atomic mass is 10.1. The highest BCUT2D eigenvalue weighted by Crippen LogP contribution is 2.29. The molecule has 0 N–H and O–H groups in total. The molecule has 0 spiro atoms. The molecule has 2 aromatic carbocycles. The van der Waals surface area contributed by atoms with Crippen molar-refractivity contribution < 1.29 is 27.6 Å². The Bertz CT molecular complexity index is 1260. The van der Waals surface area contributed by atoms with E-state index in [0.717, 1.165) is 74.7 Å². The van der Waals surface area contributed by atoms with Gasteiger partial charge in [-0.3, -0.25) is 9.47 Å². The molecule has 9 nitrogen and oxygen atoms in total. The van der Waals surface area contributed by atoms with Gasteiger partial charge in [-0.1, -0.05) is 12.1 Å². The number of anilines is 1. The minimum absolute atomic E-state index is 0.221. The number of hydrogen-bond acceptors (Lipinski definition) is 7. The molecule has 0 amide bonds. The Morgan fingerprint density at radius 2 is 1.74 bits per heavy atom. The van der Waals surface area contributed by atoms with Crippen LogP contribution in [0.3, 0.4) is 0 Å². The number of piperazine rings is 1. The monoisotopic (exact) mass is 545 g/mol. The maximum atomic E-state index is 12.7. The Morgan fingerprint density at radius 3 is 2.41 bits per heavy atom. The van der Waals surface area contributed by atoms with Gasteiger partial charge in [0.25, 0.3) is 0 Å². The summed E-state index contributed by atoms with van der Waals surface area (Å²) in [6.07, 6.45) is -0.806. The van der Waals surface area contributed by atoms with Crippen LogP contribution in [0.1, 0.15) is 24.0 Å². The fraction of sp³-hybridized carbons (Fsp3) is 0.444. The van der Waals surface area contributed by atoms with E-state index in [9.17, 15) is 23.3 Å². The van der Waals surface area contributed by atoms with Gasteiger partial charge >= 0.3 is 18.0 Å². The summed E-state index contributed by atoms with van der Waals surface area (Å²) in [4.78, 5) is 19.0. The second-order valence-electron chi connectivity index (χ2n) is 9.79. The van der Waals surface area contributed by atoms with Crippen LogP contribution in [0.25, 0.3) is 0 Å². The molecule has 0 saturated carbocycles. The van der Waals surface area contributed by atoms with Crippen molar-refractivity contribution in [3.05, 3.63) is 76.0 Å². The molecule has 1 saturated heterocycles. The SMILES string of the molecule is O=[N+]([O-])c1cn2c(n1)O[C@@H](COc1ccc(N3CCN(CCCc4ccc(C(F)(F)F)cc4)CC3)cc1)CC2. The fourth-order valence-electron chi connectivity index (χ4n) is 4.88. The number of aromatic nitrogens is 2. The minimum Gasteiger partial charge on any atom is -0.490 e. The number of nitrogens with zero attached hydrogens (tertiary/aromatic N) is 5. The van der Waals surface area contributed by atoms with Crippen LogP contribution < -0.4 is 14.4 Å². The van der Waals surface area contributed by atoms with E-state index in [-0.39, 0.29) is 17.9 Å². The van der Waals surface area contributed by atoms with Crippen molar-refractivity contribution in [3.8, 4) is 11.8 Å². The number of fused-ring (bicyclic) bond motifs is 1. The second-order valence-corrected chi connectivity index (χ2v) is 9.79. The summed E-state index contributed by atoms with van der Waals surface area (Å²) >= 11 is 0. The standard InChI is InChI=1S/C27H30F3N5O4/c28-27(29,30)21-5-3-20(4-6-21)2-1-12-32-14-16-33(17-15-32)22-7-9-23(10-8-22)38-19-24-11-13-34-18-25(35(36)37)31-26(34)39-24/h3-10,18,24H,1-2,11-17,19H2/t24-/m1/s1. The van der Waals surface area contributed by atoms with Gasteiger partial charge in [0, 0.05) is 49.8 Å². The number of halogens is 3. The van der Waals surface area contributed by atoms with E-state index < -0.39 is 16.7 Å². The third-order valence-corrected chi connectivity index (χ3v) is 7.11. The van der Waals surface area contributed by atoms with Crippen molar-refractivity contribution in [2.24, 2.45) is 0 Å². The highest BCUT2D eigenvalue weighted by molar-refractivity contribution is 5.49. The highest BCUT2D eigenvalue weighted by atomic mass is 19.4. The van der Waals surface area contributed by atoms with Crippen molar-refractivity contribution in [2.75, 3.05) is 44.2 Å². The molecule has 1 atom stereocenters. The second kappa shape index (κ2) is 11.5. The van der Waals surface area contributed by atoms with E-state index in [2.05, 4.69) is 14.8 Å². The van der Waals surface area contributed by atoms with Crippen molar-refractivity contribution in [2.45, 2.75) is 38.1 Å². The first-order valence-corrected chi connectivity index (χ1v) is 13.0. The smallest absolute Gasteiger partial charge is 0.416 e. The lowest BCUT2D eigenvalue weighted by Crippen LogP contribution is -2.46. The molecule has 0 aliphatic carbocycles. The molecule has 2 aliphatic rings. The molecule has 2 aliphatic heterocycles. The molecule has 3 heterocycles. The molecule has 1 aromatic heterocycles. The quantitative estimate of drug-likeness (QED) is 0.282. The summed E-state index contributed by atoms with van der Waals surface area (Å²) in [6, 6.07) is 13.6. The van der Waals surface area contributed by atoms with Gasteiger partial charge in [0.05, 0.1) is 5.56 Å². The van der Waals surface area contributed by atoms with Crippen LogP contribution in [-0.2, 0) is 19.1 Å². The molecule has 3 aromatic rings. The predicted molar refractivity (Wildman–Crippen MR) is 138 cm³/mol. The molecular formula is C27H30F3N5O4. The van der Waals surface area contributed by atoms with Gasteiger partial charge in [-0.25, -0.2) is 0 Å². The van der Waals surface area contributed by atoms with Crippen LogP contribution in [0.5, 0.6) is 11.8 Å². The summed E-state index contributed by atoms with van der Waals surface area (Å²) in [5, 5.41) is 10.9. The van der Waals surface area contributed by atoms with E-state index in [0.29, 0.717) is 19.6 Å². The van der Waals surface area contributed by atoms with Gasteiger partial charge in [0.2, 0.25) is 0 Å². The average molecular weight is 546 g/mol. The first-order chi connectivity index (χ1) is 18.7. The van der Waals surface area contributed by atoms with Gasteiger partial charge < -0.3 is 24.5 Å². The average Bonchev–Trinajstić information content (AvgIpc) is 3.37. The van der Waals surface area contributed by atoms with Crippen LogP contribution >= 0.6 is 0 Å². The summed E-state index contributed by atoms with van der Waals surface area (Å²) in [6.45, 7) is 5.48. The molecule has 0 radical (unpaired) electrons. The van der Waals surface area contributed by atoms with Gasteiger partial charge in [0.1, 0.15) is 24.7 Å². The number of ether oxygens (including phenoxy) is 2. The first kappa shape index (κ1) is 26.8. The van der Waals surface area contributed by atoms with Crippen molar-refractivity contribution in [1.29, 1.82) is 0 Å². The molecule has 12 heteroatoms. The van der Waals surface area contributed by atoms with Gasteiger partial charge in [0.15, 0.2) is 0 Å². The zero-order valence-corrected chi connectivity index (χ0v) is 21.3. The number of imidazole rings is 1. The number of alkyl halides is 3. The van der Waals surface area contributed by atoms with Crippen LogP contribution in [0, 0.1) is 10.1 Å². The van der Waals surface area contributed by atoms with Crippen LogP contribution in [-0.4, -0.2) is 64.8 Å². The Hall–Kier alpha value is -3.80. The Balaban J connectivity index is 1.02. The number of nitro groups is 1. The third kappa shape index (κ3) is 6.80. The lowest BCUT2D eigenvalue weighted by Gasteiger charge is -2.36. The van der Waals surface area contributed by atoms with Crippen LogP contribution in [0.2, 0.25) is 0 Å². The summed E-state index contributed by atoms with van der Waals surface area (Å²) in [5.74, 6) is 0.505. The number of rotatable bonds is 9. The van der Waals surface area contributed by atoms with Crippen LogP contribution in [0.4, 0.5) is 24.7 Å². The largest absolute Gasteiger partial charge is 0.490 e. The fourth-order valence-corrected chi connectivity index (χ4v) is 4.88. The highest BCUT2D eigenvalue weighted by Gasteiger charge is 2.30. The molecule has 39 heavy (non-hydrogen) atoms. The Labute approximate surface area is 223 Å².